The largest absolute Gasteiger partial charge is 0.295 e. The molecule has 0 N–H and O–H groups in total. The molecule has 1 heterocycles. The van der Waals surface area contributed by atoms with E-state index < -0.39 is 0 Å². The molecule has 1 atom stereocenters. The van der Waals surface area contributed by atoms with Gasteiger partial charge in [-0.2, -0.15) is 0 Å². The summed E-state index contributed by atoms with van der Waals surface area (Å²) in [6, 6.07) is 0.389. The van der Waals surface area contributed by atoms with Gasteiger partial charge in [0.2, 0.25) is 6.41 Å². The first-order chi connectivity index (χ1) is 7.96. The van der Waals surface area contributed by atoms with E-state index in [2.05, 4.69) is 11.5 Å². The number of carbonyl (C=O) groups excluding carboxylic acids is 1. The normalized spacial score (nSPS) is 21.5. The minimum Gasteiger partial charge on any atom is -0.295 e. The van der Waals surface area contributed by atoms with Crippen molar-refractivity contribution in [2.75, 3.05) is 19.6 Å². The predicted molar refractivity (Wildman–Crippen MR) is 68.4 cm³/mol. The van der Waals surface area contributed by atoms with Crippen molar-refractivity contribution in [1.82, 2.24) is 9.96 Å². The van der Waals surface area contributed by atoms with Gasteiger partial charge in [-0.3, -0.25) is 14.5 Å². The third-order valence-corrected chi connectivity index (χ3v) is 2.76. The molecular formula is C13H24N2O2. The van der Waals surface area contributed by atoms with Crippen LogP contribution in [-0.4, -0.2) is 47.7 Å². The average Bonchev–Trinajstić information content (AvgIpc) is 2.63. The molecule has 1 saturated heterocycles. The average molecular weight is 240 g/mol. The van der Waals surface area contributed by atoms with Crippen molar-refractivity contribution < 1.29 is 9.63 Å². The molecule has 0 bridgehead atoms. The van der Waals surface area contributed by atoms with Gasteiger partial charge in [-0.25, -0.2) is 5.06 Å². The van der Waals surface area contributed by atoms with E-state index in [9.17, 15) is 4.79 Å². The van der Waals surface area contributed by atoms with Gasteiger partial charge < -0.3 is 0 Å². The lowest BCUT2D eigenvalue weighted by Gasteiger charge is -2.31. The third kappa shape index (κ3) is 4.88. The lowest BCUT2D eigenvalue weighted by atomic mass is 10.2. The van der Waals surface area contributed by atoms with Crippen molar-refractivity contribution in [2.24, 2.45) is 0 Å². The molecule has 1 aliphatic heterocycles. The molecule has 4 nitrogen and oxygen atoms in total. The van der Waals surface area contributed by atoms with Crippen molar-refractivity contribution in [3.8, 4) is 0 Å². The van der Waals surface area contributed by atoms with E-state index in [1.165, 1.54) is 11.5 Å². The number of hydroxylamine groups is 2. The number of nitrogens with zero attached hydrogens (tertiary/aromatic N) is 2. The second-order valence-electron chi connectivity index (χ2n) is 5.49. The van der Waals surface area contributed by atoms with Crippen LogP contribution < -0.4 is 0 Å². The van der Waals surface area contributed by atoms with Gasteiger partial charge in [0, 0.05) is 12.6 Å². The topological polar surface area (TPSA) is 32.8 Å². The second kappa shape index (κ2) is 6.17. The first-order valence-electron chi connectivity index (χ1n) is 6.22. The number of rotatable bonds is 6. The number of carbonyl (C=O) groups is 1. The Kier molecular flexibility index (Phi) is 5.15. The van der Waals surface area contributed by atoms with Gasteiger partial charge in [0.15, 0.2) is 0 Å². The van der Waals surface area contributed by atoms with Crippen LogP contribution in [0, 0.1) is 0 Å². The Morgan fingerprint density at radius 2 is 2.24 bits per heavy atom. The summed E-state index contributed by atoms with van der Waals surface area (Å²) < 4.78 is 0. The zero-order valence-electron chi connectivity index (χ0n) is 11.2. The summed E-state index contributed by atoms with van der Waals surface area (Å²) in [4.78, 5) is 18.9. The molecule has 0 aromatic heterocycles. The summed E-state index contributed by atoms with van der Waals surface area (Å²) in [5.74, 6) is 0. The van der Waals surface area contributed by atoms with Gasteiger partial charge >= 0.3 is 0 Å². The molecule has 17 heavy (non-hydrogen) atoms. The van der Waals surface area contributed by atoms with Crippen LogP contribution in [0.1, 0.15) is 33.6 Å². The molecule has 1 rings (SSSR count). The summed E-state index contributed by atoms with van der Waals surface area (Å²) in [6.45, 7) is 12.2. The van der Waals surface area contributed by atoms with Crippen LogP contribution in [0.5, 0.6) is 0 Å². The van der Waals surface area contributed by atoms with E-state index in [1.54, 1.807) is 0 Å². The Morgan fingerprint density at radius 3 is 2.76 bits per heavy atom. The Balaban J connectivity index is 2.49. The highest BCUT2D eigenvalue weighted by atomic mass is 16.7. The molecule has 4 heteroatoms. The van der Waals surface area contributed by atoms with E-state index in [0.717, 1.165) is 25.9 Å². The van der Waals surface area contributed by atoms with Crippen LogP contribution in [0.4, 0.5) is 0 Å². The summed E-state index contributed by atoms with van der Waals surface area (Å²) in [5, 5.41) is 1.42. The molecule has 0 aliphatic carbocycles. The second-order valence-corrected chi connectivity index (χ2v) is 5.49. The number of hydrogen-bond donors (Lipinski definition) is 0. The molecule has 1 aliphatic rings. The monoisotopic (exact) mass is 240 g/mol. The fourth-order valence-electron chi connectivity index (χ4n) is 2.17. The minimum atomic E-state index is -0.331. The van der Waals surface area contributed by atoms with Crippen LogP contribution in [0.15, 0.2) is 12.7 Å². The van der Waals surface area contributed by atoms with Crippen molar-refractivity contribution in [2.45, 2.75) is 45.3 Å². The first-order valence-corrected chi connectivity index (χ1v) is 6.22. The summed E-state index contributed by atoms with van der Waals surface area (Å²) in [7, 11) is 0. The summed E-state index contributed by atoms with van der Waals surface area (Å²) >= 11 is 0. The zero-order chi connectivity index (χ0) is 12.9. The molecule has 0 saturated carbocycles. The third-order valence-electron chi connectivity index (χ3n) is 2.76. The van der Waals surface area contributed by atoms with Gasteiger partial charge in [0.1, 0.15) is 0 Å². The maximum atomic E-state index is 11.0. The Bertz CT molecular complexity index is 261. The summed E-state index contributed by atoms with van der Waals surface area (Å²) in [5.41, 5.74) is -0.331. The van der Waals surface area contributed by atoms with Crippen molar-refractivity contribution in [3.05, 3.63) is 12.7 Å². The molecule has 98 valence electrons. The fourth-order valence-corrected chi connectivity index (χ4v) is 2.17. The standard InChI is InChI=1S/C13H24N2O2/c1-5-8-14-9-6-7-12(14)10-15(11-16)17-13(2,3)4/h5,11-12H,1,6-10H2,2-4H3. The molecular weight excluding hydrogens is 216 g/mol. The van der Waals surface area contributed by atoms with Gasteiger partial charge in [-0.15, -0.1) is 6.58 Å². The quantitative estimate of drug-likeness (QED) is 0.403. The van der Waals surface area contributed by atoms with Crippen LogP contribution in [0.25, 0.3) is 0 Å². The smallest absolute Gasteiger partial charge is 0.233 e. The van der Waals surface area contributed by atoms with Crippen molar-refractivity contribution in [3.63, 3.8) is 0 Å². The fraction of sp³-hybridized carbons (Fsp3) is 0.769. The highest BCUT2D eigenvalue weighted by molar-refractivity contribution is 5.45. The molecule has 0 aromatic carbocycles. The highest BCUT2D eigenvalue weighted by Gasteiger charge is 2.27. The summed E-state index contributed by atoms with van der Waals surface area (Å²) in [6.07, 6.45) is 4.98. The lowest BCUT2D eigenvalue weighted by molar-refractivity contribution is -0.219. The Morgan fingerprint density at radius 1 is 1.53 bits per heavy atom. The maximum absolute atomic E-state index is 11.0. The first kappa shape index (κ1) is 14.2. The number of likely N-dealkylation sites (tertiary alicyclic amines) is 1. The molecule has 0 radical (unpaired) electrons. The minimum absolute atomic E-state index is 0.331. The van der Waals surface area contributed by atoms with Gasteiger partial charge in [-0.05, 0) is 40.2 Å². The predicted octanol–water partition coefficient (Wildman–Crippen LogP) is 1.83. The zero-order valence-corrected chi connectivity index (χ0v) is 11.2. The molecule has 1 fully saturated rings. The van der Waals surface area contributed by atoms with Crippen molar-refractivity contribution in [1.29, 1.82) is 0 Å². The van der Waals surface area contributed by atoms with Gasteiger partial charge in [0.25, 0.3) is 0 Å². The number of hydrogen-bond acceptors (Lipinski definition) is 3. The Labute approximate surface area is 104 Å². The number of amides is 1. The van der Waals surface area contributed by atoms with Crippen LogP contribution in [-0.2, 0) is 9.63 Å². The van der Waals surface area contributed by atoms with Gasteiger partial charge in [-0.1, -0.05) is 6.08 Å². The molecule has 1 amide bonds. The van der Waals surface area contributed by atoms with E-state index in [-0.39, 0.29) is 5.60 Å². The van der Waals surface area contributed by atoms with Crippen LogP contribution >= 0.6 is 0 Å². The van der Waals surface area contributed by atoms with E-state index in [4.69, 9.17) is 4.84 Å². The highest BCUT2D eigenvalue weighted by Crippen LogP contribution is 2.19. The van der Waals surface area contributed by atoms with Crippen molar-refractivity contribution >= 4 is 6.41 Å². The molecule has 0 aromatic rings. The Hall–Kier alpha value is -0.870. The van der Waals surface area contributed by atoms with Gasteiger partial charge in [0.05, 0.1) is 12.1 Å². The lowest BCUT2D eigenvalue weighted by Crippen LogP contribution is -2.42. The SMILES string of the molecule is C=CCN1CCCC1CN(C=O)OC(C)(C)C. The van der Waals surface area contributed by atoms with Crippen LogP contribution in [0.3, 0.4) is 0 Å². The van der Waals surface area contributed by atoms with Crippen LogP contribution in [0.2, 0.25) is 0 Å². The van der Waals surface area contributed by atoms with E-state index in [0.29, 0.717) is 12.6 Å². The molecule has 0 spiro atoms. The van der Waals surface area contributed by atoms with E-state index in [1.807, 2.05) is 26.8 Å². The maximum Gasteiger partial charge on any atom is 0.233 e. The van der Waals surface area contributed by atoms with E-state index >= 15 is 0 Å². The molecule has 1 unspecified atom stereocenters.